The van der Waals surface area contributed by atoms with Crippen LogP contribution in [-0.2, 0) is 11.3 Å². The number of ether oxygens (including phenoxy) is 2. The van der Waals surface area contributed by atoms with Crippen LogP contribution in [0.5, 0.6) is 5.88 Å². The molecule has 0 aromatic carbocycles. The lowest BCUT2D eigenvalue weighted by Gasteiger charge is -2.08. The molecule has 6 nitrogen and oxygen atoms in total. The van der Waals surface area contributed by atoms with E-state index < -0.39 is 0 Å². The Labute approximate surface area is 101 Å². The molecule has 1 rings (SSSR count). The summed E-state index contributed by atoms with van der Waals surface area (Å²) in [7, 11) is 0. The molecule has 0 atom stereocenters. The number of nitrogen functional groups attached to an aromatic ring is 1. The summed E-state index contributed by atoms with van der Waals surface area (Å²) in [4.78, 5) is 8.35. The van der Waals surface area contributed by atoms with Gasteiger partial charge in [0.15, 0.2) is 5.82 Å². The van der Waals surface area contributed by atoms with Crippen LogP contribution >= 0.6 is 0 Å². The molecule has 1 heterocycles. The van der Waals surface area contributed by atoms with Crippen LogP contribution in [0, 0.1) is 0 Å². The fourth-order valence-electron chi connectivity index (χ4n) is 1.13. The van der Waals surface area contributed by atoms with Gasteiger partial charge in [-0.25, -0.2) is 10.8 Å². The monoisotopic (exact) mass is 238 g/mol. The summed E-state index contributed by atoms with van der Waals surface area (Å²) < 4.78 is 10.7. The molecular formula is C11H18N4O2. The van der Waals surface area contributed by atoms with Gasteiger partial charge in [-0.3, -0.25) is 0 Å². The fraction of sp³-hybridized carbons (Fsp3) is 0.455. The third-order valence-electron chi connectivity index (χ3n) is 1.90. The van der Waals surface area contributed by atoms with Gasteiger partial charge in [-0.2, -0.15) is 4.98 Å². The third kappa shape index (κ3) is 4.80. The quantitative estimate of drug-likeness (QED) is 0.307. The molecule has 94 valence electrons. The molecule has 1 aromatic rings. The summed E-state index contributed by atoms with van der Waals surface area (Å²) in [5.41, 5.74) is 2.47. The maximum Gasteiger partial charge on any atom is 0.218 e. The van der Waals surface area contributed by atoms with Crippen molar-refractivity contribution in [1.82, 2.24) is 9.97 Å². The Morgan fingerprint density at radius 1 is 1.53 bits per heavy atom. The van der Waals surface area contributed by atoms with Crippen molar-refractivity contribution in [3.8, 4) is 5.88 Å². The predicted octanol–water partition coefficient (Wildman–Crippen LogP) is 1.25. The molecule has 3 N–H and O–H groups in total. The lowest BCUT2D eigenvalue weighted by Crippen LogP contribution is -2.12. The van der Waals surface area contributed by atoms with Crippen LogP contribution < -0.4 is 16.0 Å². The normalized spacial score (nSPS) is 10.0. The molecule has 0 amide bonds. The molecule has 0 saturated heterocycles. The van der Waals surface area contributed by atoms with Crippen molar-refractivity contribution in [2.45, 2.75) is 20.0 Å². The van der Waals surface area contributed by atoms with Crippen molar-refractivity contribution in [2.75, 3.05) is 18.6 Å². The van der Waals surface area contributed by atoms with Crippen LogP contribution in [0.15, 0.2) is 18.7 Å². The minimum absolute atomic E-state index is 0.337. The van der Waals surface area contributed by atoms with Crippen molar-refractivity contribution in [1.29, 1.82) is 0 Å². The van der Waals surface area contributed by atoms with Gasteiger partial charge in [0.1, 0.15) is 12.4 Å². The van der Waals surface area contributed by atoms with Gasteiger partial charge in [0.25, 0.3) is 0 Å². The zero-order valence-corrected chi connectivity index (χ0v) is 9.98. The van der Waals surface area contributed by atoms with Crippen LogP contribution in [0.3, 0.4) is 0 Å². The van der Waals surface area contributed by atoms with Crippen LogP contribution in [0.4, 0.5) is 5.82 Å². The molecule has 0 aliphatic rings. The first-order chi connectivity index (χ1) is 8.30. The zero-order chi connectivity index (χ0) is 12.5. The maximum atomic E-state index is 5.44. The zero-order valence-electron chi connectivity index (χ0n) is 9.98. The smallest absolute Gasteiger partial charge is 0.218 e. The van der Waals surface area contributed by atoms with Crippen molar-refractivity contribution in [3.05, 3.63) is 24.5 Å². The average molecular weight is 238 g/mol. The van der Waals surface area contributed by atoms with Crippen LogP contribution in [-0.4, -0.2) is 23.2 Å². The number of nitrogens with one attached hydrogen (secondary N) is 1. The van der Waals surface area contributed by atoms with E-state index in [4.69, 9.17) is 15.3 Å². The Bertz CT molecular complexity index is 357. The molecule has 0 aliphatic carbocycles. The van der Waals surface area contributed by atoms with E-state index in [1.54, 1.807) is 12.1 Å². The second-order valence-electron chi connectivity index (χ2n) is 3.21. The van der Waals surface area contributed by atoms with E-state index in [0.717, 1.165) is 6.42 Å². The SMILES string of the molecule is C=CCCOc1cc(NN)nc(COCC)n1. The lowest BCUT2D eigenvalue weighted by atomic mass is 10.4. The minimum atomic E-state index is 0.337. The molecule has 1 aromatic heterocycles. The van der Waals surface area contributed by atoms with E-state index in [-0.39, 0.29) is 0 Å². The molecular weight excluding hydrogens is 220 g/mol. The van der Waals surface area contributed by atoms with Crippen molar-refractivity contribution >= 4 is 5.82 Å². The molecule has 0 bridgehead atoms. The summed E-state index contributed by atoms with van der Waals surface area (Å²) in [5.74, 6) is 6.84. The van der Waals surface area contributed by atoms with E-state index >= 15 is 0 Å². The van der Waals surface area contributed by atoms with Crippen LogP contribution in [0.2, 0.25) is 0 Å². The highest BCUT2D eigenvalue weighted by Gasteiger charge is 2.04. The Kier molecular flexibility index (Phi) is 5.98. The molecule has 6 heteroatoms. The molecule has 0 radical (unpaired) electrons. The van der Waals surface area contributed by atoms with Crippen LogP contribution in [0.25, 0.3) is 0 Å². The van der Waals surface area contributed by atoms with Gasteiger partial charge in [0.05, 0.1) is 6.61 Å². The third-order valence-corrected chi connectivity index (χ3v) is 1.90. The first-order valence-corrected chi connectivity index (χ1v) is 5.46. The van der Waals surface area contributed by atoms with E-state index in [9.17, 15) is 0 Å². The first-order valence-electron chi connectivity index (χ1n) is 5.46. The van der Waals surface area contributed by atoms with E-state index in [2.05, 4.69) is 22.0 Å². The highest BCUT2D eigenvalue weighted by molar-refractivity contribution is 5.36. The van der Waals surface area contributed by atoms with Gasteiger partial charge in [0.2, 0.25) is 5.88 Å². The summed E-state index contributed by atoms with van der Waals surface area (Å²) in [6, 6.07) is 1.64. The fourth-order valence-corrected chi connectivity index (χ4v) is 1.13. The van der Waals surface area contributed by atoms with E-state index in [0.29, 0.717) is 37.3 Å². The second kappa shape index (κ2) is 7.59. The molecule has 0 spiro atoms. The van der Waals surface area contributed by atoms with Gasteiger partial charge in [-0.1, -0.05) is 6.08 Å². The lowest BCUT2D eigenvalue weighted by molar-refractivity contribution is 0.127. The standard InChI is InChI=1S/C11H18N4O2/c1-3-5-6-17-11-7-9(15-12)13-10(14-11)8-16-4-2/h3,7H,1,4-6,8,12H2,2H3,(H,13,14,15). The number of nitrogens with zero attached hydrogens (tertiary/aromatic N) is 2. The molecule has 0 unspecified atom stereocenters. The number of hydrazine groups is 1. The van der Waals surface area contributed by atoms with E-state index in [1.807, 2.05) is 6.92 Å². The number of rotatable bonds is 8. The maximum absolute atomic E-state index is 5.44. The van der Waals surface area contributed by atoms with Gasteiger partial charge in [-0.05, 0) is 13.3 Å². The predicted molar refractivity (Wildman–Crippen MR) is 65.5 cm³/mol. The Hall–Kier alpha value is -1.66. The molecule has 0 aliphatic heterocycles. The highest BCUT2D eigenvalue weighted by atomic mass is 16.5. The number of anilines is 1. The van der Waals surface area contributed by atoms with Gasteiger partial charge in [-0.15, -0.1) is 6.58 Å². The summed E-state index contributed by atoms with van der Waals surface area (Å²) >= 11 is 0. The number of hydrogen-bond acceptors (Lipinski definition) is 6. The minimum Gasteiger partial charge on any atom is -0.477 e. The number of aromatic nitrogens is 2. The summed E-state index contributed by atoms with van der Waals surface area (Å²) in [6.07, 6.45) is 2.54. The van der Waals surface area contributed by atoms with Crippen molar-refractivity contribution < 1.29 is 9.47 Å². The number of hydrogen-bond donors (Lipinski definition) is 2. The molecule has 17 heavy (non-hydrogen) atoms. The Morgan fingerprint density at radius 3 is 3.00 bits per heavy atom. The Morgan fingerprint density at radius 2 is 2.35 bits per heavy atom. The molecule has 0 saturated carbocycles. The summed E-state index contributed by atoms with van der Waals surface area (Å²) in [6.45, 7) is 7.00. The van der Waals surface area contributed by atoms with Crippen LogP contribution in [0.1, 0.15) is 19.2 Å². The van der Waals surface area contributed by atoms with Crippen molar-refractivity contribution in [2.24, 2.45) is 5.84 Å². The first kappa shape index (κ1) is 13.4. The van der Waals surface area contributed by atoms with Gasteiger partial charge >= 0.3 is 0 Å². The van der Waals surface area contributed by atoms with E-state index in [1.165, 1.54) is 0 Å². The largest absolute Gasteiger partial charge is 0.477 e. The number of nitrogens with two attached hydrogens (primary N) is 1. The van der Waals surface area contributed by atoms with Gasteiger partial charge in [0, 0.05) is 12.7 Å². The van der Waals surface area contributed by atoms with Crippen molar-refractivity contribution in [3.63, 3.8) is 0 Å². The topological polar surface area (TPSA) is 82.3 Å². The summed E-state index contributed by atoms with van der Waals surface area (Å²) in [5, 5.41) is 0. The Balaban J connectivity index is 2.70. The highest BCUT2D eigenvalue weighted by Crippen LogP contribution is 2.13. The second-order valence-corrected chi connectivity index (χ2v) is 3.21. The van der Waals surface area contributed by atoms with Gasteiger partial charge < -0.3 is 14.9 Å². The molecule has 0 fully saturated rings. The average Bonchev–Trinajstić information content (AvgIpc) is 2.36.